The van der Waals surface area contributed by atoms with Gasteiger partial charge >= 0.3 is 6.09 Å². The van der Waals surface area contributed by atoms with Gasteiger partial charge in [0.15, 0.2) is 0 Å². The van der Waals surface area contributed by atoms with E-state index in [9.17, 15) is 4.79 Å². The second-order valence-electron chi connectivity index (χ2n) is 16.0. The highest BCUT2D eigenvalue weighted by atomic mass is 16.6. The molecule has 240 valence electrons. The summed E-state index contributed by atoms with van der Waals surface area (Å²) in [4.78, 5) is 31.7. The van der Waals surface area contributed by atoms with E-state index in [0.29, 0.717) is 17.5 Å². The highest BCUT2D eigenvalue weighted by molar-refractivity contribution is 5.90. The average Bonchev–Trinajstić information content (AvgIpc) is 3.52. The molecule has 6 atom stereocenters. The van der Waals surface area contributed by atoms with Crippen LogP contribution >= 0.6 is 0 Å². The monoisotopic (exact) mass is 626 g/mol. The Labute approximate surface area is 275 Å². The number of rotatable bonds is 5. The van der Waals surface area contributed by atoms with E-state index in [2.05, 4.69) is 89.8 Å². The third-order valence-corrected chi connectivity index (χ3v) is 11.2. The molecule has 8 nitrogen and oxygen atoms in total. The molecular formula is C39H42N6O2. The molecule has 3 aromatic carbocycles. The highest BCUT2D eigenvalue weighted by Gasteiger charge is 2.64. The molecule has 0 spiro atoms. The molecule has 4 fully saturated rings. The van der Waals surface area contributed by atoms with Crippen molar-refractivity contribution in [3.63, 3.8) is 0 Å². The lowest BCUT2D eigenvalue weighted by Crippen LogP contribution is -2.38. The number of aromatic amines is 2. The molecule has 47 heavy (non-hydrogen) atoms. The third-order valence-electron chi connectivity index (χ3n) is 11.2. The Bertz CT molecular complexity index is 2040. The normalized spacial score (nSPS) is 29.2. The van der Waals surface area contributed by atoms with Gasteiger partial charge in [0.1, 0.15) is 17.2 Å². The lowest BCUT2D eigenvalue weighted by molar-refractivity contribution is 0.0174. The van der Waals surface area contributed by atoms with Gasteiger partial charge in [-0.3, -0.25) is 4.90 Å². The summed E-state index contributed by atoms with van der Waals surface area (Å²) in [6.07, 6.45) is 7.97. The first-order chi connectivity index (χ1) is 22.4. The van der Waals surface area contributed by atoms with E-state index in [4.69, 9.17) is 14.7 Å². The predicted octanol–water partition coefficient (Wildman–Crippen LogP) is 8.56. The Morgan fingerprint density at radius 1 is 0.766 bits per heavy atom. The van der Waals surface area contributed by atoms with Crippen molar-refractivity contribution in [2.45, 2.75) is 90.1 Å². The molecule has 2 aromatic heterocycles. The van der Waals surface area contributed by atoms with E-state index >= 15 is 0 Å². The van der Waals surface area contributed by atoms with Crippen LogP contribution in [0.4, 0.5) is 4.79 Å². The minimum atomic E-state index is -0.533. The van der Waals surface area contributed by atoms with Gasteiger partial charge < -0.3 is 20.0 Å². The van der Waals surface area contributed by atoms with E-state index in [1.165, 1.54) is 28.3 Å². The lowest BCUT2D eigenvalue weighted by Gasteiger charge is -2.29. The molecule has 1 amide bonds. The van der Waals surface area contributed by atoms with Crippen molar-refractivity contribution < 1.29 is 9.53 Å². The van der Waals surface area contributed by atoms with Crippen molar-refractivity contribution >= 4 is 16.9 Å². The fourth-order valence-corrected chi connectivity index (χ4v) is 8.18. The van der Waals surface area contributed by atoms with Crippen LogP contribution in [0.2, 0.25) is 0 Å². The van der Waals surface area contributed by atoms with Gasteiger partial charge in [-0.2, -0.15) is 0 Å². The maximum atomic E-state index is 13.2. The fraction of sp³-hybridized carbons (Fsp3) is 0.410. The lowest BCUT2D eigenvalue weighted by atomic mass is 9.98. The molecule has 9 rings (SSSR count). The molecule has 4 heterocycles. The van der Waals surface area contributed by atoms with Gasteiger partial charge in [0.2, 0.25) is 0 Å². The van der Waals surface area contributed by atoms with Crippen molar-refractivity contribution in [3.8, 4) is 33.6 Å². The molecule has 0 radical (unpaired) electrons. The van der Waals surface area contributed by atoms with Gasteiger partial charge in [-0.25, -0.2) is 14.8 Å². The molecule has 5 aromatic rings. The molecule has 2 aliphatic carbocycles. The standard InChI is InChI=1S/C39H42N6O2/c1-37(2,3)47-36(46)45-31(17-39(5)19-33(39)45)35-41-21-30(44-35)27-13-12-25-14-24(10-11-26(25)15-27)22-6-8-23(9-7-22)29-20-40-34(43-29)28-16-38(4)18-32(38)42-28/h6-15,20-21,28,31-33,42H,16-19H2,1-5H3,(H,40,43)(H,41,44)/t28-,31-,32+,33+,38-,39-/m0/s1. The van der Waals surface area contributed by atoms with Crippen molar-refractivity contribution in [2.24, 2.45) is 10.8 Å². The van der Waals surface area contributed by atoms with Crippen LogP contribution in [0.25, 0.3) is 44.4 Å². The Balaban J connectivity index is 0.913. The fourth-order valence-electron chi connectivity index (χ4n) is 8.18. The van der Waals surface area contributed by atoms with Crippen molar-refractivity contribution in [1.29, 1.82) is 0 Å². The summed E-state index contributed by atoms with van der Waals surface area (Å²) in [7, 11) is 0. The van der Waals surface area contributed by atoms with Gasteiger partial charge in [-0.05, 0) is 96.9 Å². The largest absolute Gasteiger partial charge is 0.444 e. The van der Waals surface area contributed by atoms with Crippen LogP contribution in [-0.2, 0) is 4.74 Å². The number of H-pyrrole nitrogens is 2. The molecular weight excluding hydrogens is 584 g/mol. The number of ether oxygens (including phenoxy) is 1. The number of amides is 1. The van der Waals surface area contributed by atoms with E-state index < -0.39 is 5.60 Å². The number of hydrogen-bond acceptors (Lipinski definition) is 5. The molecule has 0 bridgehead atoms. The van der Waals surface area contributed by atoms with Gasteiger partial charge in [-0.15, -0.1) is 0 Å². The van der Waals surface area contributed by atoms with Crippen LogP contribution in [0.1, 0.15) is 84.0 Å². The second-order valence-corrected chi connectivity index (χ2v) is 16.0. The number of carbonyl (C=O) groups is 1. The van der Waals surface area contributed by atoms with Gasteiger partial charge in [-0.1, -0.05) is 62.4 Å². The number of likely N-dealkylation sites (tertiary alicyclic amines) is 1. The molecule has 0 unspecified atom stereocenters. The Kier molecular flexibility index (Phi) is 6.00. The summed E-state index contributed by atoms with van der Waals surface area (Å²) in [5.74, 6) is 1.87. The van der Waals surface area contributed by atoms with Crippen LogP contribution < -0.4 is 5.32 Å². The molecule has 8 heteroatoms. The van der Waals surface area contributed by atoms with Crippen molar-refractivity contribution in [1.82, 2.24) is 30.2 Å². The number of piperidine rings is 2. The number of nitrogens with zero attached hydrogens (tertiary/aromatic N) is 3. The Morgan fingerprint density at radius 3 is 2.09 bits per heavy atom. The topological polar surface area (TPSA) is 98.9 Å². The number of benzene rings is 3. The summed E-state index contributed by atoms with van der Waals surface area (Å²) >= 11 is 0. The van der Waals surface area contributed by atoms with Crippen LogP contribution in [0, 0.1) is 10.8 Å². The first-order valence-electron chi connectivity index (χ1n) is 17.0. The summed E-state index contributed by atoms with van der Waals surface area (Å²) in [6, 6.07) is 23.0. The maximum Gasteiger partial charge on any atom is 0.411 e. The number of nitrogens with one attached hydrogen (secondary N) is 3. The second kappa shape index (κ2) is 9.80. The summed E-state index contributed by atoms with van der Waals surface area (Å²) in [5, 5.41) is 6.07. The zero-order valence-corrected chi connectivity index (χ0v) is 27.7. The van der Waals surface area contributed by atoms with E-state index in [1.807, 2.05) is 38.1 Å². The molecule has 2 aliphatic heterocycles. The number of imidazole rings is 2. The summed E-state index contributed by atoms with van der Waals surface area (Å²) < 4.78 is 5.79. The highest BCUT2D eigenvalue weighted by Crippen LogP contribution is 2.63. The SMILES string of the molecule is CC(C)(C)OC(=O)N1[C@H](c2ncc(-c3ccc4cc(-c5ccc(-c6cnc([C@@H]7C[C@@]8(C)C[C@H]8N7)[nH]6)cc5)ccc4c3)[nH]2)C[C@@]2(C)C[C@@H]12. The van der Waals surface area contributed by atoms with E-state index in [1.54, 1.807) is 0 Å². The first-order valence-corrected chi connectivity index (χ1v) is 17.0. The summed E-state index contributed by atoms with van der Waals surface area (Å²) in [6.45, 7) is 10.4. The third kappa shape index (κ3) is 4.96. The first kappa shape index (κ1) is 28.8. The van der Waals surface area contributed by atoms with Crippen LogP contribution in [-0.4, -0.2) is 48.6 Å². The van der Waals surface area contributed by atoms with Crippen molar-refractivity contribution in [3.05, 3.63) is 84.7 Å². The zero-order chi connectivity index (χ0) is 32.3. The van der Waals surface area contributed by atoms with Crippen molar-refractivity contribution in [2.75, 3.05) is 0 Å². The molecule has 4 aliphatic rings. The average molecular weight is 627 g/mol. The molecule has 2 saturated heterocycles. The minimum absolute atomic E-state index is 0.106. The van der Waals surface area contributed by atoms with E-state index in [0.717, 1.165) is 53.4 Å². The van der Waals surface area contributed by atoms with Crippen LogP contribution in [0.3, 0.4) is 0 Å². The van der Waals surface area contributed by atoms with Crippen LogP contribution in [0.5, 0.6) is 0 Å². The van der Waals surface area contributed by atoms with Crippen LogP contribution in [0.15, 0.2) is 73.1 Å². The Morgan fingerprint density at radius 2 is 1.38 bits per heavy atom. The zero-order valence-electron chi connectivity index (χ0n) is 27.7. The van der Waals surface area contributed by atoms with Gasteiger partial charge in [0.25, 0.3) is 0 Å². The summed E-state index contributed by atoms with van der Waals surface area (Å²) in [5.41, 5.74) is 6.66. The molecule has 2 saturated carbocycles. The number of carbonyl (C=O) groups excluding carboxylic acids is 1. The van der Waals surface area contributed by atoms with E-state index in [-0.39, 0.29) is 23.6 Å². The Hall–Kier alpha value is -4.43. The van der Waals surface area contributed by atoms with Gasteiger partial charge in [0.05, 0.1) is 35.9 Å². The minimum Gasteiger partial charge on any atom is -0.444 e. The number of fused-ring (bicyclic) bond motifs is 3. The number of aromatic nitrogens is 4. The quantitative estimate of drug-likeness (QED) is 0.182. The number of hydrogen-bond donors (Lipinski definition) is 3. The molecule has 3 N–H and O–H groups in total. The maximum absolute atomic E-state index is 13.2. The smallest absolute Gasteiger partial charge is 0.411 e. The van der Waals surface area contributed by atoms with Gasteiger partial charge in [0, 0.05) is 17.6 Å². The predicted molar refractivity (Wildman–Crippen MR) is 183 cm³/mol.